The summed E-state index contributed by atoms with van der Waals surface area (Å²) in [5.41, 5.74) is 0. The lowest BCUT2D eigenvalue weighted by atomic mass is 10.0. The highest BCUT2D eigenvalue weighted by Crippen LogP contribution is 2.14. The third-order valence-corrected chi connectivity index (χ3v) is 9.31. The number of allylic oxidation sites excluding steroid dienone is 7. The molecule has 48 heavy (non-hydrogen) atoms. The zero-order valence-corrected chi connectivity index (χ0v) is 32.0. The highest BCUT2D eigenvalue weighted by Gasteiger charge is 2.17. The van der Waals surface area contributed by atoms with E-state index in [-0.39, 0.29) is 12.5 Å². The minimum atomic E-state index is -0.845. The predicted molar refractivity (Wildman–Crippen MR) is 211 cm³/mol. The molecular weight excluding hydrogens is 590 g/mol. The Hall–Kier alpha value is -1.65. The average Bonchev–Trinajstić information content (AvgIpc) is 3.09. The van der Waals surface area contributed by atoms with Gasteiger partial charge in [-0.1, -0.05) is 191 Å². The molecule has 0 saturated carbocycles. The van der Waals surface area contributed by atoms with Crippen LogP contribution in [0.4, 0.5) is 0 Å². The second-order valence-electron chi connectivity index (χ2n) is 14.1. The molecule has 0 aromatic carbocycles. The van der Waals surface area contributed by atoms with Gasteiger partial charge in [0, 0.05) is 6.42 Å². The first-order valence-electron chi connectivity index (χ1n) is 20.9. The van der Waals surface area contributed by atoms with E-state index >= 15 is 0 Å². The van der Waals surface area contributed by atoms with Crippen molar-refractivity contribution in [3.8, 4) is 0 Å². The molecule has 0 saturated heterocycles. The maximum absolute atomic E-state index is 12.4. The van der Waals surface area contributed by atoms with Gasteiger partial charge in [0.15, 0.2) is 0 Å². The second-order valence-corrected chi connectivity index (χ2v) is 14.1. The summed E-state index contributed by atoms with van der Waals surface area (Å²) in [4.78, 5) is 12.4. The van der Waals surface area contributed by atoms with E-state index in [0.717, 1.165) is 51.4 Å². The van der Waals surface area contributed by atoms with Gasteiger partial charge >= 0.3 is 0 Å². The highest BCUT2D eigenvalue weighted by molar-refractivity contribution is 5.76. The second kappa shape index (κ2) is 39.8. The minimum Gasteiger partial charge on any atom is -0.394 e. The number of hydrogen-bond donors (Lipinski definition) is 3. The molecule has 4 heteroatoms. The van der Waals surface area contributed by atoms with Crippen LogP contribution in [0.15, 0.2) is 48.6 Å². The molecule has 0 aromatic rings. The lowest BCUT2D eigenvalue weighted by Gasteiger charge is -2.20. The minimum absolute atomic E-state index is 0.0777. The SMILES string of the molecule is CCCCC/C=C\C/C=C\C/C=C\CCCCCCCCC(=O)NC(CO)C(O)/C=C/CCCCCCCCCCCCCCCCC. The van der Waals surface area contributed by atoms with Gasteiger partial charge in [-0.15, -0.1) is 0 Å². The van der Waals surface area contributed by atoms with Crippen molar-refractivity contribution in [3.05, 3.63) is 48.6 Å². The van der Waals surface area contributed by atoms with Crippen molar-refractivity contribution in [2.75, 3.05) is 6.61 Å². The van der Waals surface area contributed by atoms with Crippen LogP contribution in [0.3, 0.4) is 0 Å². The number of rotatable bonds is 37. The van der Waals surface area contributed by atoms with Gasteiger partial charge in [-0.3, -0.25) is 4.79 Å². The molecule has 0 aliphatic rings. The van der Waals surface area contributed by atoms with Gasteiger partial charge in [0.1, 0.15) is 0 Å². The molecule has 0 aromatic heterocycles. The van der Waals surface area contributed by atoms with Crippen molar-refractivity contribution in [1.29, 1.82) is 0 Å². The molecule has 0 aliphatic heterocycles. The predicted octanol–water partition coefficient (Wildman–Crippen LogP) is 12.8. The number of aliphatic hydroxyl groups is 2. The summed E-state index contributed by atoms with van der Waals surface area (Å²) in [5, 5.41) is 23.0. The molecule has 280 valence electrons. The lowest BCUT2D eigenvalue weighted by Crippen LogP contribution is -2.45. The summed E-state index contributed by atoms with van der Waals surface area (Å²) in [7, 11) is 0. The first kappa shape index (κ1) is 46.4. The molecule has 0 heterocycles. The monoisotopic (exact) mass is 672 g/mol. The van der Waals surface area contributed by atoms with Crippen molar-refractivity contribution in [2.45, 2.75) is 219 Å². The fourth-order valence-electron chi connectivity index (χ4n) is 6.07. The van der Waals surface area contributed by atoms with E-state index in [0.29, 0.717) is 6.42 Å². The number of nitrogens with one attached hydrogen (secondary N) is 1. The van der Waals surface area contributed by atoms with Crippen LogP contribution in [0.5, 0.6) is 0 Å². The number of carbonyl (C=O) groups excluding carboxylic acids is 1. The Balaban J connectivity index is 3.63. The van der Waals surface area contributed by atoms with E-state index in [1.807, 2.05) is 6.08 Å². The molecule has 0 fully saturated rings. The van der Waals surface area contributed by atoms with Crippen molar-refractivity contribution < 1.29 is 15.0 Å². The van der Waals surface area contributed by atoms with Crippen molar-refractivity contribution in [3.63, 3.8) is 0 Å². The van der Waals surface area contributed by atoms with E-state index < -0.39 is 12.1 Å². The Morgan fingerprint density at radius 2 is 0.854 bits per heavy atom. The van der Waals surface area contributed by atoms with Crippen molar-refractivity contribution in [1.82, 2.24) is 5.32 Å². The van der Waals surface area contributed by atoms with E-state index in [4.69, 9.17) is 0 Å². The number of hydrogen-bond acceptors (Lipinski definition) is 3. The van der Waals surface area contributed by atoms with Crippen LogP contribution < -0.4 is 5.32 Å². The van der Waals surface area contributed by atoms with Gasteiger partial charge in [-0.05, 0) is 57.8 Å². The van der Waals surface area contributed by atoms with Crippen LogP contribution in [0.25, 0.3) is 0 Å². The molecule has 0 spiro atoms. The first-order valence-corrected chi connectivity index (χ1v) is 20.9. The normalized spacial score (nSPS) is 13.5. The summed E-state index contributed by atoms with van der Waals surface area (Å²) in [5.74, 6) is -0.0777. The summed E-state index contributed by atoms with van der Waals surface area (Å²) < 4.78 is 0. The van der Waals surface area contributed by atoms with Gasteiger partial charge in [-0.25, -0.2) is 0 Å². The van der Waals surface area contributed by atoms with Gasteiger partial charge in [-0.2, -0.15) is 0 Å². The number of aliphatic hydroxyl groups excluding tert-OH is 2. The Morgan fingerprint density at radius 3 is 1.31 bits per heavy atom. The summed E-state index contributed by atoms with van der Waals surface area (Å²) in [6, 6.07) is -0.629. The van der Waals surface area contributed by atoms with Crippen LogP contribution in [-0.2, 0) is 4.79 Å². The molecule has 0 bridgehead atoms. The van der Waals surface area contributed by atoms with Crippen LogP contribution in [0.1, 0.15) is 206 Å². The summed E-state index contributed by atoms with van der Waals surface area (Å²) in [6.07, 6.45) is 53.4. The lowest BCUT2D eigenvalue weighted by molar-refractivity contribution is -0.123. The largest absolute Gasteiger partial charge is 0.394 e. The number of unbranched alkanes of at least 4 members (excludes halogenated alkanes) is 24. The van der Waals surface area contributed by atoms with E-state index in [1.165, 1.54) is 135 Å². The topological polar surface area (TPSA) is 69.6 Å². The summed E-state index contributed by atoms with van der Waals surface area (Å²) in [6.45, 7) is 4.27. The zero-order valence-electron chi connectivity index (χ0n) is 32.0. The van der Waals surface area contributed by atoms with Crippen LogP contribution in [-0.4, -0.2) is 34.9 Å². The average molecular weight is 672 g/mol. The number of amides is 1. The zero-order chi connectivity index (χ0) is 35.0. The maximum atomic E-state index is 12.4. The van der Waals surface area contributed by atoms with Gasteiger partial charge in [0.2, 0.25) is 5.91 Å². The first-order chi connectivity index (χ1) is 23.7. The number of carbonyl (C=O) groups is 1. The molecule has 0 aliphatic carbocycles. The molecule has 0 radical (unpaired) electrons. The third kappa shape index (κ3) is 35.7. The Bertz CT molecular complexity index is 771. The van der Waals surface area contributed by atoms with Crippen LogP contribution in [0, 0.1) is 0 Å². The molecule has 2 unspecified atom stereocenters. The summed E-state index contributed by atoms with van der Waals surface area (Å²) >= 11 is 0. The molecule has 1 amide bonds. The Labute approximate surface area is 299 Å². The standard InChI is InChI=1S/C44H81NO3/c1-3-5-7-9-11-13-15-17-19-21-22-24-26-28-30-32-34-36-38-40-44(48)45-42(41-46)43(47)39-37-35-33-31-29-27-25-23-20-18-16-14-12-10-8-6-4-2/h11,13,17,19,22,24,37,39,42-43,46-47H,3-10,12,14-16,18,20-21,23,25-36,38,40-41H2,1-2H3,(H,45,48)/b13-11-,19-17-,24-22-,39-37+. The molecule has 4 nitrogen and oxygen atoms in total. The highest BCUT2D eigenvalue weighted by atomic mass is 16.3. The molecule has 0 rings (SSSR count). The fourth-order valence-corrected chi connectivity index (χ4v) is 6.07. The smallest absolute Gasteiger partial charge is 0.220 e. The molecular formula is C44H81NO3. The van der Waals surface area contributed by atoms with E-state index in [1.54, 1.807) is 6.08 Å². The van der Waals surface area contributed by atoms with E-state index in [9.17, 15) is 15.0 Å². The van der Waals surface area contributed by atoms with Gasteiger partial charge in [0.25, 0.3) is 0 Å². The van der Waals surface area contributed by atoms with Gasteiger partial charge < -0.3 is 15.5 Å². The van der Waals surface area contributed by atoms with Crippen molar-refractivity contribution in [2.24, 2.45) is 0 Å². The van der Waals surface area contributed by atoms with E-state index in [2.05, 4.69) is 55.6 Å². The van der Waals surface area contributed by atoms with Gasteiger partial charge in [0.05, 0.1) is 18.8 Å². The van der Waals surface area contributed by atoms with Crippen LogP contribution >= 0.6 is 0 Å². The quantitative estimate of drug-likeness (QED) is 0.0455. The van der Waals surface area contributed by atoms with Crippen molar-refractivity contribution >= 4 is 5.91 Å². The molecule has 3 N–H and O–H groups in total. The maximum Gasteiger partial charge on any atom is 0.220 e. The van der Waals surface area contributed by atoms with Crippen LogP contribution in [0.2, 0.25) is 0 Å². The Morgan fingerprint density at radius 1 is 0.500 bits per heavy atom. The fraction of sp³-hybridized carbons (Fsp3) is 0.795. The third-order valence-electron chi connectivity index (χ3n) is 9.31. The molecule has 2 atom stereocenters. The Kier molecular flexibility index (Phi) is 38.4.